The van der Waals surface area contributed by atoms with Crippen molar-refractivity contribution in [1.29, 1.82) is 0 Å². The fourth-order valence-corrected chi connectivity index (χ4v) is 2.35. The van der Waals surface area contributed by atoms with Gasteiger partial charge in [0.15, 0.2) is 6.21 Å². The quantitative estimate of drug-likeness (QED) is 0.710. The zero-order valence-electron chi connectivity index (χ0n) is 13.3. The average Bonchev–Trinajstić information content (AvgIpc) is 2.57. The fourth-order valence-electron chi connectivity index (χ4n) is 2.35. The van der Waals surface area contributed by atoms with Gasteiger partial charge in [-0.3, -0.25) is 10.2 Å². The van der Waals surface area contributed by atoms with Crippen LogP contribution in [0.3, 0.4) is 0 Å². The number of hydrogen-bond acceptors (Lipinski definition) is 2. The molecule has 0 aliphatic rings. The lowest BCUT2D eigenvalue weighted by Crippen LogP contribution is -2.30. The number of allylic oxidation sites excluding steroid dienone is 1. The van der Waals surface area contributed by atoms with E-state index in [1.54, 1.807) is 0 Å². The zero-order chi connectivity index (χ0) is 16.7. The Kier molecular flexibility index (Phi) is 5.69. The molecule has 0 radical (unpaired) electrons. The number of carbonyl (C=O) groups is 1. The molecule has 0 saturated heterocycles. The normalized spacial score (nSPS) is 11.1. The van der Waals surface area contributed by atoms with Gasteiger partial charge in [0.1, 0.15) is 0 Å². The molecular weight excluding hydrogens is 286 g/mol. The van der Waals surface area contributed by atoms with Crippen molar-refractivity contribution in [1.82, 2.24) is 0 Å². The highest BCUT2D eigenvalue weighted by Crippen LogP contribution is 2.20. The number of carbonyl (C=O) groups excluding carboxylic acids is 1. The van der Waals surface area contributed by atoms with Gasteiger partial charge < -0.3 is 11.1 Å². The van der Waals surface area contributed by atoms with Gasteiger partial charge in [-0.2, -0.15) is 0 Å². The van der Waals surface area contributed by atoms with Gasteiger partial charge >= 0.3 is 0 Å². The number of hydrogen-bond donors (Lipinski definition) is 3. The van der Waals surface area contributed by atoms with E-state index in [1.807, 2.05) is 55.5 Å². The first-order chi connectivity index (χ1) is 11.1. The summed E-state index contributed by atoms with van der Waals surface area (Å²) in [5, 5.41) is 8.49. The monoisotopic (exact) mass is 308 g/mol. The van der Waals surface area contributed by atoms with Crippen molar-refractivity contribution in [2.75, 3.05) is 5.32 Å². The van der Waals surface area contributed by atoms with Gasteiger partial charge in [0, 0.05) is 18.3 Å². The lowest BCUT2D eigenvalue weighted by Gasteiger charge is -2.10. The third-order valence-corrected chi connectivity index (χ3v) is 3.68. The van der Waals surface area contributed by atoms with Crippen LogP contribution in [0.4, 0.5) is 5.69 Å². The lowest BCUT2D eigenvalue weighted by molar-refractivity contribution is -0.116. The molecule has 5 N–H and O–H groups in total. The smallest absolute Gasteiger partial charge is 0.224 e. The van der Waals surface area contributed by atoms with Crippen LogP contribution >= 0.6 is 0 Å². The van der Waals surface area contributed by atoms with Crippen molar-refractivity contribution < 1.29 is 10.2 Å². The summed E-state index contributed by atoms with van der Waals surface area (Å²) in [4.78, 5) is 12.1. The predicted octanol–water partition coefficient (Wildman–Crippen LogP) is 1.70. The van der Waals surface area contributed by atoms with E-state index < -0.39 is 0 Å². The molecular formula is C19H22N3O+. The number of rotatable bonds is 6. The Morgan fingerprint density at radius 3 is 2.57 bits per heavy atom. The second-order valence-electron chi connectivity index (χ2n) is 5.35. The Hall–Kier alpha value is -2.88. The van der Waals surface area contributed by atoms with E-state index in [9.17, 15) is 4.79 Å². The number of nitrogens with one attached hydrogen (secondary N) is 1. The summed E-state index contributed by atoms with van der Waals surface area (Å²) in [6.07, 6.45) is 4.11. The van der Waals surface area contributed by atoms with Gasteiger partial charge in [0.25, 0.3) is 0 Å². The van der Waals surface area contributed by atoms with Gasteiger partial charge in [0.2, 0.25) is 5.91 Å². The largest absolute Gasteiger partial charge is 0.404 e. The zero-order valence-corrected chi connectivity index (χ0v) is 13.3. The number of anilines is 1. The van der Waals surface area contributed by atoms with Crippen LogP contribution in [0, 0.1) is 6.92 Å². The molecule has 0 fully saturated rings. The number of benzene rings is 2. The second kappa shape index (κ2) is 7.94. The Balaban J connectivity index is 1.99. The van der Waals surface area contributed by atoms with Crippen LogP contribution in [-0.4, -0.2) is 12.1 Å². The SMILES string of the molecule is Cc1cc(/C(C=[NH2+])=C/N)ccc1NC(=O)CCc1ccccc1. The van der Waals surface area contributed by atoms with Crippen molar-refractivity contribution in [2.45, 2.75) is 19.8 Å². The Morgan fingerprint density at radius 2 is 1.96 bits per heavy atom. The molecule has 0 heterocycles. The Labute approximate surface area is 136 Å². The van der Waals surface area contributed by atoms with Gasteiger partial charge in [-0.15, -0.1) is 0 Å². The maximum atomic E-state index is 12.1. The van der Waals surface area contributed by atoms with Crippen LogP contribution in [-0.2, 0) is 11.2 Å². The minimum atomic E-state index is 0.00433. The minimum Gasteiger partial charge on any atom is -0.404 e. The van der Waals surface area contributed by atoms with Crippen LogP contribution in [0.1, 0.15) is 23.1 Å². The summed E-state index contributed by atoms with van der Waals surface area (Å²) >= 11 is 0. The summed E-state index contributed by atoms with van der Waals surface area (Å²) in [5.41, 5.74) is 10.2. The van der Waals surface area contributed by atoms with Crippen molar-refractivity contribution in [3.05, 3.63) is 71.4 Å². The molecule has 2 aromatic carbocycles. The molecule has 1 amide bonds. The third kappa shape index (κ3) is 4.54. The number of aryl methyl sites for hydroxylation is 2. The van der Waals surface area contributed by atoms with Crippen molar-refractivity contribution >= 4 is 23.4 Å². The van der Waals surface area contributed by atoms with Crippen LogP contribution in [0.2, 0.25) is 0 Å². The minimum absolute atomic E-state index is 0.00433. The first-order valence-electron chi connectivity index (χ1n) is 7.55. The van der Waals surface area contributed by atoms with Gasteiger partial charge in [-0.25, -0.2) is 0 Å². The first-order valence-corrected chi connectivity index (χ1v) is 7.55. The number of amides is 1. The summed E-state index contributed by atoms with van der Waals surface area (Å²) < 4.78 is 0. The summed E-state index contributed by atoms with van der Waals surface area (Å²) in [6, 6.07) is 15.7. The maximum absolute atomic E-state index is 12.1. The molecule has 0 aliphatic carbocycles. The number of nitrogens with two attached hydrogens (primary N) is 2. The second-order valence-corrected chi connectivity index (χ2v) is 5.35. The van der Waals surface area contributed by atoms with Crippen LogP contribution in [0.25, 0.3) is 5.57 Å². The maximum Gasteiger partial charge on any atom is 0.224 e. The van der Waals surface area contributed by atoms with Crippen molar-refractivity contribution in [2.24, 2.45) is 5.73 Å². The molecule has 0 bridgehead atoms. The molecule has 118 valence electrons. The standard InChI is InChI=1S/C19H21N3O/c1-14-11-16(17(12-20)13-21)8-9-18(14)22-19(23)10-7-15-5-3-2-4-6-15/h2-6,8-9,11-13,20H,7,10,21H2,1H3,(H,22,23)/p+1/b17-13+,20-12?. The topological polar surface area (TPSA) is 80.7 Å². The van der Waals surface area contributed by atoms with Crippen LogP contribution < -0.4 is 16.5 Å². The molecule has 0 spiro atoms. The van der Waals surface area contributed by atoms with Gasteiger partial charge in [-0.05, 0) is 42.2 Å². The van der Waals surface area contributed by atoms with Crippen molar-refractivity contribution in [3.63, 3.8) is 0 Å². The van der Waals surface area contributed by atoms with E-state index >= 15 is 0 Å². The fraction of sp³-hybridized carbons (Fsp3) is 0.158. The van der Waals surface area contributed by atoms with Crippen LogP contribution in [0.5, 0.6) is 0 Å². The molecule has 0 aromatic heterocycles. The van der Waals surface area contributed by atoms with E-state index in [0.29, 0.717) is 6.42 Å². The molecule has 0 aliphatic heterocycles. The van der Waals surface area contributed by atoms with E-state index in [0.717, 1.165) is 34.4 Å². The molecule has 2 rings (SSSR count). The van der Waals surface area contributed by atoms with E-state index in [2.05, 4.69) is 5.32 Å². The van der Waals surface area contributed by atoms with Crippen molar-refractivity contribution in [3.8, 4) is 0 Å². The Morgan fingerprint density at radius 1 is 1.22 bits per heavy atom. The first kappa shape index (κ1) is 16.5. The molecule has 0 saturated carbocycles. The molecule has 23 heavy (non-hydrogen) atoms. The summed E-state index contributed by atoms with van der Waals surface area (Å²) in [6.45, 7) is 1.95. The molecule has 4 heteroatoms. The Bertz CT molecular complexity index is 721. The van der Waals surface area contributed by atoms with E-state index in [4.69, 9.17) is 11.1 Å². The highest BCUT2D eigenvalue weighted by atomic mass is 16.1. The molecule has 4 nitrogen and oxygen atoms in total. The average molecular weight is 308 g/mol. The third-order valence-electron chi connectivity index (χ3n) is 3.68. The predicted molar refractivity (Wildman–Crippen MR) is 94.7 cm³/mol. The molecule has 2 aromatic rings. The van der Waals surface area contributed by atoms with E-state index in [-0.39, 0.29) is 5.91 Å². The summed E-state index contributed by atoms with van der Waals surface area (Å²) in [5.74, 6) is 0.00433. The van der Waals surface area contributed by atoms with Gasteiger partial charge in [-0.1, -0.05) is 36.4 Å². The molecule has 0 atom stereocenters. The van der Waals surface area contributed by atoms with E-state index in [1.165, 1.54) is 12.4 Å². The highest BCUT2D eigenvalue weighted by molar-refractivity contribution is 6.07. The molecule has 0 unspecified atom stereocenters. The van der Waals surface area contributed by atoms with Gasteiger partial charge in [0.05, 0.1) is 5.57 Å². The van der Waals surface area contributed by atoms with Crippen LogP contribution in [0.15, 0.2) is 54.7 Å². The summed E-state index contributed by atoms with van der Waals surface area (Å²) in [7, 11) is 0. The lowest BCUT2D eigenvalue weighted by atomic mass is 10.0. The highest BCUT2D eigenvalue weighted by Gasteiger charge is 2.08.